The summed E-state index contributed by atoms with van der Waals surface area (Å²) in [7, 11) is 0. The van der Waals surface area contributed by atoms with E-state index in [4.69, 9.17) is 0 Å². The van der Waals surface area contributed by atoms with Crippen molar-refractivity contribution in [1.82, 2.24) is 0 Å². The van der Waals surface area contributed by atoms with E-state index in [-0.39, 0.29) is 11.5 Å². The number of anilines is 1. The summed E-state index contributed by atoms with van der Waals surface area (Å²) in [6, 6.07) is 16.6. The summed E-state index contributed by atoms with van der Waals surface area (Å²) >= 11 is 0. The van der Waals surface area contributed by atoms with Gasteiger partial charge in [-0.3, -0.25) is 9.69 Å². The number of nitrogens with zero attached hydrogens (tertiary/aromatic N) is 2. The Bertz CT molecular complexity index is 1090. The average molecular weight is 378 g/mol. The van der Waals surface area contributed by atoms with Crippen LogP contribution in [-0.4, -0.2) is 11.7 Å². The van der Waals surface area contributed by atoms with Crippen LogP contribution < -0.4 is 4.90 Å². The molecule has 3 nitrogen and oxygen atoms in total. The number of benzene rings is 3. The summed E-state index contributed by atoms with van der Waals surface area (Å²) < 4.78 is 39.7. The maximum Gasteiger partial charge on any atom is 0.282 e. The topological polar surface area (TPSA) is 32.7 Å². The van der Waals surface area contributed by atoms with Crippen molar-refractivity contribution in [3.05, 3.63) is 107 Å². The van der Waals surface area contributed by atoms with Gasteiger partial charge in [-0.05, 0) is 72.3 Å². The average Bonchev–Trinajstić information content (AvgIpc) is 3.01. The van der Waals surface area contributed by atoms with E-state index in [1.165, 1.54) is 83.8 Å². The Kier molecular flexibility index (Phi) is 4.53. The van der Waals surface area contributed by atoms with Gasteiger partial charge in [-0.1, -0.05) is 12.1 Å². The van der Waals surface area contributed by atoms with Crippen molar-refractivity contribution in [3.8, 4) is 0 Å². The van der Waals surface area contributed by atoms with Gasteiger partial charge in [0, 0.05) is 5.56 Å². The van der Waals surface area contributed by atoms with Crippen LogP contribution in [0, 0.1) is 17.5 Å². The minimum absolute atomic E-state index is 0.134. The highest BCUT2D eigenvalue weighted by Crippen LogP contribution is 2.28. The Morgan fingerprint density at radius 3 is 1.79 bits per heavy atom. The van der Waals surface area contributed by atoms with E-state index in [9.17, 15) is 18.0 Å². The molecule has 0 fully saturated rings. The van der Waals surface area contributed by atoms with Crippen LogP contribution in [0.3, 0.4) is 0 Å². The van der Waals surface area contributed by atoms with E-state index in [1.807, 2.05) is 0 Å². The lowest BCUT2D eigenvalue weighted by Gasteiger charge is -2.18. The molecule has 0 spiro atoms. The first-order valence-electron chi connectivity index (χ1n) is 8.43. The molecule has 4 rings (SSSR count). The van der Waals surface area contributed by atoms with Crippen LogP contribution in [0.25, 0.3) is 6.08 Å². The molecule has 0 atom stereocenters. The SMILES string of the molecule is O=C1/C(=C\c2ccc(F)cc2)N=C(c2ccc(F)cc2)N1c1ccc(F)cc1. The standard InChI is InChI=1S/C22H13F3N2O/c23-16-5-1-14(2-6-16)13-20-22(28)27(19-11-9-18(25)10-12-19)21(26-20)15-3-7-17(24)8-4-15/h1-13H/b20-13+. The summed E-state index contributed by atoms with van der Waals surface area (Å²) in [5, 5.41) is 0. The van der Waals surface area contributed by atoms with E-state index in [2.05, 4.69) is 4.99 Å². The molecule has 1 aliphatic heterocycles. The van der Waals surface area contributed by atoms with Gasteiger partial charge in [-0.15, -0.1) is 0 Å². The molecule has 0 saturated carbocycles. The van der Waals surface area contributed by atoms with E-state index < -0.39 is 17.5 Å². The number of carbonyl (C=O) groups excluding carboxylic acids is 1. The molecule has 1 amide bonds. The highest BCUT2D eigenvalue weighted by atomic mass is 19.1. The van der Waals surface area contributed by atoms with Crippen molar-refractivity contribution >= 4 is 23.5 Å². The van der Waals surface area contributed by atoms with Gasteiger partial charge in [0.05, 0.1) is 5.69 Å². The lowest BCUT2D eigenvalue weighted by atomic mass is 10.1. The molecule has 0 bridgehead atoms. The second kappa shape index (κ2) is 7.15. The lowest BCUT2D eigenvalue weighted by Crippen LogP contribution is -2.32. The van der Waals surface area contributed by atoms with E-state index >= 15 is 0 Å². The van der Waals surface area contributed by atoms with Gasteiger partial charge < -0.3 is 0 Å². The third-order valence-electron chi connectivity index (χ3n) is 4.22. The molecule has 1 aliphatic rings. The van der Waals surface area contributed by atoms with Crippen LogP contribution in [0.2, 0.25) is 0 Å². The third kappa shape index (κ3) is 3.44. The molecule has 138 valence electrons. The Morgan fingerprint density at radius 1 is 0.714 bits per heavy atom. The number of amides is 1. The summed E-state index contributed by atoms with van der Waals surface area (Å²) in [5.74, 6) is -1.36. The Hall–Kier alpha value is -3.67. The fourth-order valence-electron chi connectivity index (χ4n) is 2.86. The molecular formula is C22H13F3N2O. The maximum atomic E-state index is 13.3. The number of rotatable bonds is 3. The van der Waals surface area contributed by atoms with Crippen molar-refractivity contribution in [2.24, 2.45) is 4.99 Å². The van der Waals surface area contributed by atoms with Crippen LogP contribution in [0.4, 0.5) is 18.9 Å². The molecule has 3 aromatic carbocycles. The maximum absolute atomic E-state index is 13.3. The van der Waals surface area contributed by atoms with Gasteiger partial charge in [-0.25, -0.2) is 18.2 Å². The van der Waals surface area contributed by atoms with Crippen molar-refractivity contribution in [3.63, 3.8) is 0 Å². The lowest BCUT2D eigenvalue weighted by molar-refractivity contribution is -0.113. The molecule has 0 radical (unpaired) electrons. The molecule has 0 aromatic heterocycles. The molecule has 6 heteroatoms. The highest BCUT2D eigenvalue weighted by Gasteiger charge is 2.32. The zero-order chi connectivity index (χ0) is 19.7. The minimum atomic E-state index is -0.433. The van der Waals surface area contributed by atoms with Crippen molar-refractivity contribution in [2.75, 3.05) is 4.90 Å². The molecule has 0 unspecified atom stereocenters. The number of hydrogen-bond donors (Lipinski definition) is 0. The summed E-state index contributed by atoms with van der Waals surface area (Å²) in [4.78, 5) is 18.8. The Labute approximate surface area is 159 Å². The smallest absolute Gasteiger partial charge is 0.266 e. The van der Waals surface area contributed by atoms with Crippen LogP contribution in [0.5, 0.6) is 0 Å². The summed E-state index contributed by atoms with van der Waals surface area (Å²) in [6.45, 7) is 0. The van der Waals surface area contributed by atoms with Crippen molar-refractivity contribution in [2.45, 2.75) is 0 Å². The fourth-order valence-corrected chi connectivity index (χ4v) is 2.86. The summed E-state index contributed by atoms with van der Waals surface area (Å²) in [6.07, 6.45) is 1.54. The molecular weight excluding hydrogens is 365 g/mol. The zero-order valence-electron chi connectivity index (χ0n) is 14.4. The Balaban J connectivity index is 1.81. The van der Waals surface area contributed by atoms with Gasteiger partial charge in [0.2, 0.25) is 0 Å². The van der Waals surface area contributed by atoms with Gasteiger partial charge >= 0.3 is 0 Å². The number of halogens is 3. The number of aliphatic imine (C=N–C) groups is 1. The van der Waals surface area contributed by atoms with E-state index in [0.29, 0.717) is 22.6 Å². The zero-order valence-corrected chi connectivity index (χ0v) is 14.4. The van der Waals surface area contributed by atoms with Crippen LogP contribution in [-0.2, 0) is 4.79 Å². The second-order valence-corrected chi connectivity index (χ2v) is 6.14. The summed E-state index contributed by atoms with van der Waals surface area (Å²) in [5.41, 5.74) is 1.70. The van der Waals surface area contributed by atoms with Crippen LogP contribution >= 0.6 is 0 Å². The number of hydrogen-bond acceptors (Lipinski definition) is 2. The first-order valence-corrected chi connectivity index (χ1v) is 8.43. The van der Waals surface area contributed by atoms with Gasteiger partial charge in [0.15, 0.2) is 0 Å². The largest absolute Gasteiger partial charge is 0.282 e. The van der Waals surface area contributed by atoms with Crippen LogP contribution in [0.1, 0.15) is 11.1 Å². The first kappa shape index (κ1) is 17.7. The highest BCUT2D eigenvalue weighted by molar-refractivity contribution is 6.33. The molecule has 3 aromatic rings. The fraction of sp³-hybridized carbons (Fsp3) is 0. The van der Waals surface area contributed by atoms with Gasteiger partial charge in [-0.2, -0.15) is 0 Å². The number of carbonyl (C=O) groups is 1. The normalized spacial score (nSPS) is 15.2. The van der Waals surface area contributed by atoms with Crippen molar-refractivity contribution in [1.29, 1.82) is 0 Å². The van der Waals surface area contributed by atoms with Crippen LogP contribution in [0.15, 0.2) is 83.5 Å². The molecule has 0 saturated heterocycles. The van der Waals surface area contributed by atoms with Gasteiger partial charge in [0.25, 0.3) is 5.91 Å². The van der Waals surface area contributed by atoms with E-state index in [0.717, 1.165) is 0 Å². The monoisotopic (exact) mass is 378 g/mol. The predicted octanol–water partition coefficient (Wildman–Crippen LogP) is 4.94. The molecule has 28 heavy (non-hydrogen) atoms. The second-order valence-electron chi connectivity index (χ2n) is 6.14. The third-order valence-corrected chi connectivity index (χ3v) is 4.22. The Morgan fingerprint density at radius 2 is 1.21 bits per heavy atom. The van der Waals surface area contributed by atoms with Gasteiger partial charge in [0.1, 0.15) is 29.0 Å². The van der Waals surface area contributed by atoms with E-state index in [1.54, 1.807) is 0 Å². The predicted molar refractivity (Wildman–Crippen MR) is 101 cm³/mol. The number of amidine groups is 1. The minimum Gasteiger partial charge on any atom is -0.266 e. The first-order chi connectivity index (χ1) is 13.5. The van der Waals surface area contributed by atoms with Crippen molar-refractivity contribution < 1.29 is 18.0 Å². The molecule has 1 heterocycles. The molecule has 0 N–H and O–H groups in total. The quantitative estimate of drug-likeness (QED) is 0.595. The molecule has 0 aliphatic carbocycles.